The van der Waals surface area contributed by atoms with Gasteiger partial charge in [0.25, 0.3) is 0 Å². The molecule has 1 aromatic heterocycles. The van der Waals surface area contributed by atoms with Gasteiger partial charge in [0.05, 0.1) is 11.2 Å². The highest BCUT2D eigenvalue weighted by Crippen LogP contribution is 2.16. The maximum absolute atomic E-state index is 10.4. The predicted octanol–water partition coefficient (Wildman–Crippen LogP) is 1.87. The van der Waals surface area contributed by atoms with Crippen molar-refractivity contribution in [2.75, 3.05) is 0 Å². The summed E-state index contributed by atoms with van der Waals surface area (Å²) in [6, 6.07) is 1.78. The first kappa shape index (κ1) is 9.22. The van der Waals surface area contributed by atoms with Crippen LogP contribution in [0, 0.1) is 0 Å². The molecule has 0 aliphatic carbocycles. The third kappa shape index (κ3) is 3.02. The lowest BCUT2D eigenvalue weighted by atomic mass is 10.5. The van der Waals surface area contributed by atoms with Gasteiger partial charge in [-0.1, -0.05) is 11.6 Å². The molecule has 0 unspecified atom stereocenters. The molecule has 1 rings (SSSR count). The van der Waals surface area contributed by atoms with Gasteiger partial charge in [0, 0.05) is 17.2 Å². The van der Waals surface area contributed by atoms with Crippen molar-refractivity contribution < 1.29 is 4.79 Å². The monoisotopic (exact) mass is 202 g/mol. The second-order valence-corrected chi connectivity index (χ2v) is 3.47. The third-order valence-electron chi connectivity index (χ3n) is 1.00. The van der Waals surface area contributed by atoms with E-state index < -0.39 is 0 Å². The Morgan fingerprint density at radius 1 is 1.83 bits per heavy atom. The van der Waals surface area contributed by atoms with E-state index in [2.05, 4.69) is 10.5 Å². The molecule has 3 nitrogen and oxygen atoms in total. The molecule has 0 spiro atoms. The van der Waals surface area contributed by atoms with Crippen LogP contribution in [0.3, 0.4) is 0 Å². The first-order valence-electron chi connectivity index (χ1n) is 3.22. The predicted molar refractivity (Wildman–Crippen MR) is 50.7 cm³/mol. The van der Waals surface area contributed by atoms with Crippen LogP contribution in [-0.2, 0) is 4.79 Å². The normalized spacial score (nSPS) is 10.5. The summed E-state index contributed by atoms with van der Waals surface area (Å²) >= 11 is 7.13. The summed E-state index contributed by atoms with van der Waals surface area (Å²) in [5, 5.41) is 6.17. The van der Waals surface area contributed by atoms with E-state index in [4.69, 9.17) is 11.6 Å². The first-order valence-corrected chi connectivity index (χ1v) is 4.48. The smallest absolute Gasteiger partial charge is 0.236 e. The standard InChI is InChI=1S/C7H7ClN2OS/c1-5(11)10-9-3-7-2-6(8)4-12-7/h2-4H,1H3,(H,10,11)/b9-3+. The van der Waals surface area contributed by atoms with E-state index in [1.54, 1.807) is 17.7 Å². The molecule has 0 saturated carbocycles. The van der Waals surface area contributed by atoms with Gasteiger partial charge in [-0.15, -0.1) is 11.3 Å². The molecule has 0 aliphatic rings. The van der Waals surface area contributed by atoms with Crippen molar-refractivity contribution in [2.24, 2.45) is 5.10 Å². The van der Waals surface area contributed by atoms with E-state index in [1.165, 1.54) is 18.3 Å². The zero-order valence-corrected chi connectivity index (χ0v) is 7.95. The van der Waals surface area contributed by atoms with Crippen LogP contribution in [0.1, 0.15) is 11.8 Å². The molecule has 1 N–H and O–H groups in total. The van der Waals surface area contributed by atoms with Crippen LogP contribution in [0.5, 0.6) is 0 Å². The highest BCUT2D eigenvalue weighted by atomic mass is 35.5. The Morgan fingerprint density at radius 2 is 2.58 bits per heavy atom. The molecule has 0 atom stereocenters. The fourth-order valence-corrected chi connectivity index (χ4v) is 1.52. The second kappa shape index (κ2) is 4.23. The van der Waals surface area contributed by atoms with E-state index in [9.17, 15) is 4.79 Å². The lowest BCUT2D eigenvalue weighted by Gasteiger charge is -1.88. The van der Waals surface area contributed by atoms with Crippen LogP contribution < -0.4 is 5.43 Å². The van der Waals surface area contributed by atoms with Gasteiger partial charge >= 0.3 is 0 Å². The first-order chi connectivity index (χ1) is 5.68. The quantitative estimate of drug-likeness (QED) is 0.578. The Kier molecular flexibility index (Phi) is 3.25. The molecule has 0 fully saturated rings. The lowest BCUT2D eigenvalue weighted by molar-refractivity contribution is -0.118. The number of carbonyl (C=O) groups excluding carboxylic acids is 1. The number of hydrogen-bond donors (Lipinski definition) is 1. The summed E-state index contributed by atoms with van der Waals surface area (Å²) in [7, 11) is 0. The van der Waals surface area contributed by atoms with E-state index in [1.807, 2.05) is 0 Å². The summed E-state index contributed by atoms with van der Waals surface area (Å²) in [5.74, 6) is -0.186. The average molecular weight is 203 g/mol. The number of rotatable bonds is 2. The number of nitrogens with zero attached hydrogens (tertiary/aromatic N) is 1. The van der Waals surface area contributed by atoms with Crippen molar-refractivity contribution in [2.45, 2.75) is 6.92 Å². The molecule has 5 heteroatoms. The molecule has 1 amide bonds. The van der Waals surface area contributed by atoms with Crippen LogP contribution in [0.25, 0.3) is 0 Å². The van der Waals surface area contributed by atoms with Crippen molar-refractivity contribution in [3.63, 3.8) is 0 Å². The number of nitrogens with one attached hydrogen (secondary N) is 1. The van der Waals surface area contributed by atoms with Crippen molar-refractivity contribution in [3.8, 4) is 0 Å². The Morgan fingerprint density at radius 3 is 3.08 bits per heavy atom. The maximum atomic E-state index is 10.4. The highest BCUT2D eigenvalue weighted by Gasteiger charge is 1.92. The van der Waals surface area contributed by atoms with Crippen molar-refractivity contribution in [1.82, 2.24) is 5.43 Å². The molecule has 0 bridgehead atoms. The number of thiophene rings is 1. The van der Waals surface area contributed by atoms with Gasteiger partial charge in [-0.05, 0) is 6.07 Å². The van der Waals surface area contributed by atoms with Crippen molar-refractivity contribution >= 4 is 35.1 Å². The molecule has 0 saturated heterocycles. The van der Waals surface area contributed by atoms with Gasteiger partial charge in [-0.25, -0.2) is 5.43 Å². The minimum atomic E-state index is -0.186. The molecule has 1 aromatic rings. The van der Waals surface area contributed by atoms with Gasteiger partial charge in [-0.3, -0.25) is 4.79 Å². The summed E-state index contributed by atoms with van der Waals surface area (Å²) in [5.41, 5.74) is 2.30. The fraction of sp³-hybridized carbons (Fsp3) is 0.143. The van der Waals surface area contributed by atoms with Gasteiger partial charge < -0.3 is 0 Å². The summed E-state index contributed by atoms with van der Waals surface area (Å²) in [4.78, 5) is 11.3. The van der Waals surface area contributed by atoms with Gasteiger partial charge in [-0.2, -0.15) is 5.10 Å². The minimum absolute atomic E-state index is 0.186. The van der Waals surface area contributed by atoms with Crippen molar-refractivity contribution in [1.29, 1.82) is 0 Å². The van der Waals surface area contributed by atoms with Gasteiger partial charge in [0.15, 0.2) is 0 Å². The molecular weight excluding hydrogens is 196 g/mol. The zero-order valence-electron chi connectivity index (χ0n) is 6.37. The van der Waals surface area contributed by atoms with Crippen LogP contribution in [0.4, 0.5) is 0 Å². The maximum Gasteiger partial charge on any atom is 0.236 e. The molecular formula is C7H7ClN2OS. The zero-order chi connectivity index (χ0) is 8.97. The molecule has 0 radical (unpaired) electrons. The fourth-order valence-electron chi connectivity index (χ4n) is 0.583. The van der Waals surface area contributed by atoms with Crippen LogP contribution in [0.15, 0.2) is 16.5 Å². The van der Waals surface area contributed by atoms with Crippen LogP contribution >= 0.6 is 22.9 Å². The Labute approximate surface area is 79.0 Å². The Hall–Kier alpha value is -0.870. The summed E-state index contributed by atoms with van der Waals surface area (Å²) in [6.45, 7) is 1.40. The molecule has 64 valence electrons. The van der Waals surface area contributed by atoms with E-state index in [-0.39, 0.29) is 5.91 Å². The van der Waals surface area contributed by atoms with Crippen LogP contribution in [0.2, 0.25) is 5.02 Å². The Balaban J connectivity index is 2.52. The largest absolute Gasteiger partial charge is 0.274 e. The van der Waals surface area contributed by atoms with Gasteiger partial charge in [0.2, 0.25) is 5.91 Å². The summed E-state index contributed by atoms with van der Waals surface area (Å²) < 4.78 is 0. The Bertz CT molecular complexity index is 308. The number of halogens is 1. The van der Waals surface area contributed by atoms with Crippen LogP contribution in [-0.4, -0.2) is 12.1 Å². The summed E-state index contributed by atoms with van der Waals surface area (Å²) in [6.07, 6.45) is 1.55. The van der Waals surface area contributed by atoms with E-state index >= 15 is 0 Å². The lowest BCUT2D eigenvalue weighted by Crippen LogP contribution is -2.11. The number of carbonyl (C=O) groups is 1. The highest BCUT2D eigenvalue weighted by molar-refractivity contribution is 7.12. The molecule has 0 aliphatic heterocycles. The molecule has 12 heavy (non-hydrogen) atoms. The molecule has 1 heterocycles. The average Bonchev–Trinajstić information content (AvgIpc) is 2.35. The number of hydrogen-bond acceptors (Lipinski definition) is 3. The topological polar surface area (TPSA) is 41.5 Å². The van der Waals surface area contributed by atoms with E-state index in [0.29, 0.717) is 5.02 Å². The SMILES string of the molecule is CC(=O)N/N=C/c1cc(Cl)cs1. The second-order valence-electron chi connectivity index (χ2n) is 2.09. The van der Waals surface area contributed by atoms with Crippen molar-refractivity contribution in [3.05, 3.63) is 21.3 Å². The molecule has 0 aromatic carbocycles. The minimum Gasteiger partial charge on any atom is -0.274 e. The number of hydrazone groups is 1. The number of amides is 1. The third-order valence-corrected chi connectivity index (χ3v) is 2.22. The van der Waals surface area contributed by atoms with Gasteiger partial charge in [0.1, 0.15) is 0 Å². The van der Waals surface area contributed by atoms with E-state index in [0.717, 1.165) is 4.88 Å².